The summed E-state index contributed by atoms with van der Waals surface area (Å²) in [5.74, 6) is 0. The molecular weight excluding hydrogens is 384 g/mol. The predicted molar refractivity (Wildman–Crippen MR) is 118 cm³/mol. The van der Waals surface area contributed by atoms with E-state index in [0.29, 0.717) is 12.1 Å². The van der Waals surface area contributed by atoms with Gasteiger partial charge in [0.05, 0.1) is 4.90 Å². The van der Waals surface area contributed by atoms with Crippen LogP contribution in [0.5, 0.6) is 0 Å². The zero-order valence-corrected chi connectivity index (χ0v) is 17.9. The second-order valence-corrected chi connectivity index (χ2v) is 9.41. The van der Waals surface area contributed by atoms with Crippen LogP contribution in [0.1, 0.15) is 31.7 Å². The maximum Gasteiger partial charge on any atom is 0.238 e. The zero-order chi connectivity index (χ0) is 20.9. The molecule has 158 valence electrons. The summed E-state index contributed by atoms with van der Waals surface area (Å²) in [6, 6.07) is 18.2. The normalized spacial score (nSPS) is 17.2. The summed E-state index contributed by atoms with van der Waals surface area (Å²) in [7, 11) is -3.69. The highest BCUT2D eigenvalue weighted by atomic mass is 32.2. The minimum Gasteiger partial charge on any atom is -0.364 e. The molecule has 6 nitrogen and oxygen atoms in total. The average Bonchev–Trinajstić information content (AvgIpc) is 2.73. The summed E-state index contributed by atoms with van der Waals surface area (Å²) >= 11 is 0. The Morgan fingerprint density at radius 1 is 1.07 bits per heavy atom. The van der Waals surface area contributed by atoms with E-state index >= 15 is 0 Å². The van der Waals surface area contributed by atoms with Crippen LogP contribution in [0.3, 0.4) is 0 Å². The monoisotopic (exact) mass is 416 g/mol. The second-order valence-electron chi connectivity index (χ2n) is 7.85. The van der Waals surface area contributed by atoms with E-state index in [9.17, 15) is 8.42 Å². The maximum atomic E-state index is 11.6. The van der Waals surface area contributed by atoms with Crippen molar-refractivity contribution < 1.29 is 8.42 Å². The largest absolute Gasteiger partial charge is 0.364 e. The maximum absolute atomic E-state index is 11.6. The van der Waals surface area contributed by atoms with E-state index in [2.05, 4.69) is 41.0 Å². The second kappa shape index (κ2) is 9.71. The van der Waals surface area contributed by atoms with E-state index in [1.54, 1.807) is 12.1 Å². The van der Waals surface area contributed by atoms with Crippen LogP contribution < -0.4 is 15.8 Å². The molecule has 0 bridgehead atoms. The molecule has 4 N–H and O–H groups in total. The highest BCUT2D eigenvalue weighted by molar-refractivity contribution is 7.89. The highest BCUT2D eigenvalue weighted by Gasteiger charge is 2.27. The Labute approximate surface area is 174 Å². The lowest BCUT2D eigenvalue weighted by Gasteiger charge is -2.42. The van der Waals surface area contributed by atoms with Gasteiger partial charge in [0.1, 0.15) is 0 Å². The molecule has 1 saturated heterocycles. The number of benzene rings is 2. The molecule has 0 amide bonds. The molecular formula is C22H32N4O2S. The average molecular weight is 417 g/mol. The zero-order valence-electron chi connectivity index (χ0n) is 17.1. The minimum atomic E-state index is -3.69. The lowest BCUT2D eigenvalue weighted by Crippen LogP contribution is -2.47. The molecule has 7 heteroatoms. The molecule has 1 unspecified atom stereocenters. The lowest BCUT2D eigenvalue weighted by atomic mass is 9.99. The van der Waals surface area contributed by atoms with Crippen molar-refractivity contribution in [1.29, 1.82) is 0 Å². The first-order chi connectivity index (χ1) is 13.9. The smallest absolute Gasteiger partial charge is 0.238 e. The van der Waals surface area contributed by atoms with Gasteiger partial charge in [0.25, 0.3) is 0 Å². The molecule has 0 spiro atoms. The van der Waals surface area contributed by atoms with Gasteiger partial charge in [-0.3, -0.25) is 0 Å². The molecule has 0 aromatic heterocycles. The van der Waals surface area contributed by atoms with Crippen LogP contribution in [0, 0.1) is 0 Å². The van der Waals surface area contributed by atoms with E-state index < -0.39 is 10.0 Å². The quantitative estimate of drug-likeness (QED) is 0.690. The van der Waals surface area contributed by atoms with Crippen molar-refractivity contribution in [3.05, 3.63) is 60.2 Å². The summed E-state index contributed by atoms with van der Waals surface area (Å²) in [5, 5.41) is 5.26. The molecule has 3 rings (SSSR count). The van der Waals surface area contributed by atoms with Crippen molar-refractivity contribution in [3.8, 4) is 0 Å². The van der Waals surface area contributed by atoms with Crippen molar-refractivity contribution >= 4 is 15.7 Å². The van der Waals surface area contributed by atoms with Gasteiger partial charge in [0.15, 0.2) is 0 Å². The molecule has 1 fully saturated rings. The van der Waals surface area contributed by atoms with Gasteiger partial charge >= 0.3 is 0 Å². The summed E-state index contributed by atoms with van der Waals surface area (Å²) < 4.78 is 23.2. The van der Waals surface area contributed by atoms with E-state index in [-0.39, 0.29) is 4.90 Å². The van der Waals surface area contributed by atoms with Crippen molar-refractivity contribution in [2.45, 2.75) is 49.7 Å². The number of anilines is 1. The third-order valence-electron chi connectivity index (χ3n) is 5.84. The molecule has 1 heterocycles. The van der Waals surface area contributed by atoms with Crippen LogP contribution in [0.15, 0.2) is 59.5 Å². The van der Waals surface area contributed by atoms with Gasteiger partial charge in [0, 0.05) is 37.4 Å². The van der Waals surface area contributed by atoms with Crippen molar-refractivity contribution in [3.63, 3.8) is 0 Å². The van der Waals surface area contributed by atoms with E-state index in [1.807, 2.05) is 18.2 Å². The van der Waals surface area contributed by atoms with Gasteiger partial charge in [-0.25, -0.2) is 13.6 Å². The molecule has 0 saturated carbocycles. The number of sulfonamides is 1. The van der Waals surface area contributed by atoms with Crippen molar-refractivity contribution in [2.75, 3.05) is 24.5 Å². The number of piperidine rings is 1. The third kappa shape index (κ3) is 5.79. The Morgan fingerprint density at radius 2 is 1.69 bits per heavy atom. The fourth-order valence-corrected chi connectivity index (χ4v) is 4.62. The topological polar surface area (TPSA) is 92.7 Å². The van der Waals surface area contributed by atoms with Gasteiger partial charge in [0.2, 0.25) is 10.0 Å². The van der Waals surface area contributed by atoms with Gasteiger partial charge < -0.3 is 15.5 Å². The number of likely N-dealkylation sites (tertiary alicyclic amines) is 1. The lowest BCUT2D eigenvalue weighted by molar-refractivity contribution is 0.154. The van der Waals surface area contributed by atoms with Crippen LogP contribution in [0.4, 0.5) is 5.69 Å². The number of nitrogens with two attached hydrogens (primary N) is 2. The first kappa shape index (κ1) is 21.8. The highest BCUT2D eigenvalue weighted by Crippen LogP contribution is 2.27. The van der Waals surface area contributed by atoms with Crippen molar-refractivity contribution in [2.24, 2.45) is 10.9 Å². The van der Waals surface area contributed by atoms with Crippen molar-refractivity contribution in [1.82, 2.24) is 4.90 Å². The van der Waals surface area contributed by atoms with Gasteiger partial charge in [-0.05, 0) is 62.6 Å². The SMILES string of the molecule is CC(CCN)N1CCC(N(Cc2ccccc2)c2ccc(S(N)(=O)=O)cc2)CC1. The molecule has 1 atom stereocenters. The van der Waals surface area contributed by atoms with Crippen LogP contribution in [0.2, 0.25) is 0 Å². The Balaban J connectivity index is 1.79. The fourth-order valence-electron chi connectivity index (χ4n) is 4.10. The van der Waals surface area contributed by atoms with Crippen LogP contribution in [0.25, 0.3) is 0 Å². The Hall–Kier alpha value is -1.93. The van der Waals surface area contributed by atoms with Crippen LogP contribution >= 0.6 is 0 Å². The number of rotatable bonds is 8. The molecule has 1 aliphatic rings. The van der Waals surface area contributed by atoms with E-state index in [0.717, 1.165) is 51.1 Å². The molecule has 1 aliphatic heterocycles. The summed E-state index contributed by atoms with van der Waals surface area (Å²) in [5.41, 5.74) is 7.99. The van der Waals surface area contributed by atoms with E-state index in [1.165, 1.54) is 5.56 Å². The molecule has 0 radical (unpaired) electrons. The minimum absolute atomic E-state index is 0.145. The van der Waals surface area contributed by atoms with Crippen LogP contribution in [-0.4, -0.2) is 45.0 Å². The number of nitrogens with zero attached hydrogens (tertiary/aromatic N) is 2. The standard InChI is InChI=1S/C22H32N4O2S/c1-18(11-14-23)25-15-12-21(13-16-25)26(17-19-5-3-2-4-6-19)20-7-9-22(10-8-20)29(24,27)28/h2-10,18,21H,11-17,23H2,1H3,(H2,24,27,28). The molecule has 29 heavy (non-hydrogen) atoms. The predicted octanol–water partition coefficient (Wildman–Crippen LogP) is 2.54. The Bertz CT molecular complexity index is 863. The van der Waals surface area contributed by atoms with Gasteiger partial charge in [-0.15, -0.1) is 0 Å². The first-order valence-electron chi connectivity index (χ1n) is 10.3. The fraction of sp³-hybridized carbons (Fsp3) is 0.455. The molecule has 2 aromatic rings. The number of hydrogen-bond acceptors (Lipinski definition) is 5. The Kier molecular flexibility index (Phi) is 7.29. The number of primary sulfonamides is 1. The first-order valence-corrected chi connectivity index (χ1v) is 11.8. The summed E-state index contributed by atoms with van der Waals surface area (Å²) in [4.78, 5) is 5.06. The molecule has 2 aromatic carbocycles. The number of hydrogen-bond donors (Lipinski definition) is 2. The van der Waals surface area contributed by atoms with Gasteiger partial charge in [-0.2, -0.15) is 0 Å². The Morgan fingerprint density at radius 3 is 2.24 bits per heavy atom. The van der Waals surface area contributed by atoms with E-state index in [4.69, 9.17) is 10.9 Å². The summed E-state index contributed by atoms with van der Waals surface area (Å²) in [6.07, 6.45) is 3.16. The molecule has 0 aliphatic carbocycles. The van der Waals surface area contributed by atoms with Crippen LogP contribution in [-0.2, 0) is 16.6 Å². The van der Waals surface area contributed by atoms with Gasteiger partial charge in [-0.1, -0.05) is 30.3 Å². The summed E-state index contributed by atoms with van der Waals surface area (Å²) in [6.45, 7) is 5.86. The third-order valence-corrected chi connectivity index (χ3v) is 6.77.